The molecule has 0 unspecified atom stereocenters. The van der Waals surface area contributed by atoms with E-state index in [9.17, 15) is 4.79 Å². The second kappa shape index (κ2) is 8.93. The van der Waals surface area contributed by atoms with Crippen molar-refractivity contribution in [3.63, 3.8) is 0 Å². The molecule has 1 aliphatic rings. The van der Waals surface area contributed by atoms with Crippen LogP contribution in [0.4, 0.5) is 0 Å². The molecule has 0 radical (unpaired) electrons. The van der Waals surface area contributed by atoms with Crippen molar-refractivity contribution in [3.05, 3.63) is 102 Å². The Morgan fingerprint density at radius 1 is 0.833 bits per heavy atom. The van der Waals surface area contributed by atoms with Crippen molar-refractivity contribution < 1.29 is 9.53 Å². The van der Waals surface area contributed by atoms with E-state index in [-0.39, 0.29) is 16.9 Å². The molecule has 1 aliphatic carbocycles. The third kappa shape index (κ3) is 4.52. The van der Waals surface area contributed by atoms with Gasteiger partial charge in [-0.2, -0.15) is 0 Å². The van der Waals surface area contributed by atoms with Crippen LogP contribution in [0.2, 0.25) is 0 Å². The minimum absolute atomic E-state index is 0.265. The molecular formula is C27H27O2S+. The highest BCUT2D eigenvalue weighted by Crippen LogP contribution is 2.33. The topological polar surface area (TPSA) is 26.3 Å². The van der Waals surface area contributed by atoms with Crippen molar-refractivity contribution in [2.75, 3.05) is 0 Å². The average molecular weight is 416 g/mol. The summed E-state index contributed by atoms with van der Waals surface area (Å²) < 4.78 is 5.95. The molecule has 152 valence electrons. The Balaban J connectivity index is 1.66. The standard InChI is InChI=1S/C27H27O2S/c1-27(2,22-13-9-10-14-22)29-26(28)21-12-11-19-25(20-21)30(23-15-5-3-6-16-23)24-17-7-4-8-18-24/h3-8,11-13,15-20H,9-10,14H2,1-2H3/q+1. The molecule has 0 amide bonds. The fourth-order valence-corrected chi connectivity index (χ4v) is 5.98. The van der Waals surface area contributed by atoms with Crippen LogP contribution in [0.5, 0.6) is 0 Å². The van der Waals surface area contributed by atoms with Crippen molar-refractivity contribution in [2.45, 2.75) is 53.4 Å². The molecule has 3 aromatic rings. The number of allylic oxidation sites excluding steroid dienone is 1. The SMILES string of the molecule is CC(C)(OC(=O)c1cccc([S+](c2ccccc2)c2ccccc2)c1)C1=CCCC1. The second-order valence-corrected chi connectivity index (χ2v) is 10.0. The third-order valence-corrected chi connectivity index (χ3v) is 7.64. The Kier molecular flexibility index (Phi) is 6.10. The molecule has 0 aromatic heterocycles. The zero-order chi connectivity index (χ0) is 21.0. The van der Waals surface area contributed by atoms with E-state index >= 15 is 0 Å². The molecule has 3 aromatic carbocycles. The van der Waals surface area contributed by atoms with Gasteiger partial charge in [0.05, 0.1) is 16.5 Å². The van der Waals surface area contributed by atoms with Crippen LogP contribution in [0, 0.1) is 0 Å². The van der Waals surface area contributed by atoms with E-state index in [0.717, 1.165) is 24.2 Å². The first kappa shape index (κ1) is 20.5. The third-order valence-electron chi connectivity index (χ3n) is 5.43. The Labute approximate surface area is 182 Å². The Morgan fingerprint density at radius 3 is 2.00 bits per heavy atom. The summed E-state index contributed by atoms with van der Waals surface area (Å²) in [6, 6.07) is 28.8. The fourth-order valence-electron chi connectivity index (χ4n) is 3.85. The maximum Gasteiger partial charge on any atom is 0.339 e. The lowest BCUT2D eigenvalue weighted by molar-refractivity contribution is 0.0126. The van der Waals surface area contributed by atoms with Gasteiger partial charge in [0, 0.05) is 6.07 Å². The molecule has 0 bridgehead atoms. The molecule has 4 rings (SSSR count). The predicted molar refractivity (Wildman–Crippen MR) is 123 cm³/mol. The Morgan fingerprint density at radius 2 is 1.43 bits per heavy atom. The molecule has 0 fully saturated rings. The lowest BCUT2D eigenvalue weighted by atomic mass is 9.97. The van der Waals surface area contributed by atoms with E-state index in [0.29, 0.717) is 5.56 Å². The number of carbonyl (C=O) groups is 1. The van der Waals surface area contributed by atoms with Crippen molar-refractivity contribution in [3.8, 4) is 0 Å². The van der Waals surface area contributed by atoms with Crippen molar-refractivity contribution >= 4 is 16.9 Å². The maximum atomic E-state index is 13.0. The highest BCUT2D eigenvalue weighted by atomic mass is 32.2. The molecule has 0 aliphatic heterocycles. The molecular weight excluding hydrogens is 388 g/mol. The zero-order valence-electron chi connectivity index (χ0n) is 17.5. The van der Waals surface area contributed by atoms with Crippen molar-refractivity contribution in [1.82, 2.24) is 0 Å². The molecule has 0 saturated carbocycles. The van der Waals surface area contributed by atoms with Crippen LogP contribution in [0.25, 0.3) is 0 Å². The summed E-state index contributed by atoms with van der Waals surface area (Å²) in [5, 5.41) is 0. The van der Waals surface area contributed by atoms with E-state index in [4.69, 9.17) is 4.74 Å². The Bertz CT molecular complexity index is 999. The molecule has 0 saturated heterocycles. The lowest BCUT2D eigenvalue weighted by Crippen LogP contribution is -2.30. The molecule has 0 heterocycles. The smallest absolute Gasteiger partial charge is 0.339 e. The van der Waals surface area contributed by atoms with Gasteiger partial charge >= 0.3 is 5.97 Å². The van der Waals surface area contributed by atoms with Crippen LogP contribution < -0.4 is 0 Å². The van der Waals surface area contributed by atoms with Crippen LogP contribution in [0.3, 0.4) is 0 Å². The molecule has 30 heavy (non-hydrogen) atoms. The normalized spacial score (nSPS) is 13.9. The minimum Gasteiger partial charge on any atom is -0.452 e. The number of rotatable bonds is 6. The highest BCUT2D eigenvalue weighted by molar-refractivity contribution is 7.97. The van der Waals surface area contributed by atoms with Gasteiger partial charge in [0.25, 0.3) is 0 Å². The van der Waals surface area contributed by atoms with Crippen molar-refractivity contribution in [2.24, 2.45) is 0 Å². The average Bonchev–Trinajstić information content (AvgIpc) is 3.32. The molecule has 0 N–H and O–H groups in total. The molecule has 2 nitrogen and oxygen atoms in total. The van der Waals surface area contributed by atoms with Gasteiger partial charge < -0.3 is 4.74 Å². The molecule has 3 heteroatoms. The summed E-state index contributed by atoms with van der Waals surface area (Å²) in [4.78, 5) is 16.6. The zero-order valence-corrected chi connectivity index (χ0v) is 18.3. The van der Waals surface area contributed by atoms with Gasteiger partial charge in [0.1, 0.15) is 5.60 Å². The summed E-state index contributed by atoms with van der Waals surface area (Å²) in [5.74, 6) is -0.265. The van der Waals surface area contributed by atoms with Gasteiger partial charge in [-0.05, 0) is 75.1 Å². The predicted octanol–water partition coefficient (Wildman–Crippen LogP) is 6.83. The Hall–Kier alpha value is -2.78. The van der Waals surface area contributed by atoms with Gasteiger partial charge in [0.15, 0.2) is 14.7 Å². The second-order valence-electron chi connectivity index (χ2n) is 7.98. The number of hydrogen-bond acceptors (Lipinski definition) is 2. The lowest BCUT2D eigenvalue weighted by Gasteiger charge is -2.27. The van der Waals surface area contributed by atoms with Crippen LogP contribution in [-0.2, 0) is 15.6 Å². The first-order valence-electron chi connectivity index (χ1n) is 10.4. The summed E-state index contributed by atoms with van der Waals surface area (Å²) in [6.07, 6.45) is 5.43. The van der Waals surface area contributed by atoms with Crippen LogP contribution >= 0.6 is 0 Å². The van der Waals surface area contributed by atoms with Gasteiger partial charge in [0.2, 0.25) is 0 Å². The maximum absolute atomic E-state index is 13.0. The minimum atomic E-state index is -0.565. The van der Waals surface area contributed by atoms with Crippen molar-refractivity contribution in [1.29, 1.82) is 0 Å². The fraction of sp³-hybridized carbons (Fsp3) is 0.222. The van der Waals surface area contributed by atoms with E-state index in [2.05, 4.69) is 60.7 Å². The largest absolute Gasteiger partial charge is 0.452 e. The summed E-state index contributed by atoms with van der Waals surface area (Å²) in [7, 11) is -0.286. The van der Waals surface area contributed by atoms with Crippen LogP contribution in [0.15, 0.2) is 111 Å². The van der Waals surface area contributed by atoms with Gasteiger partial charge in [-0.3, -0.25) is 0 Å². The molecule has 0 spiro atoms. The summed E-state index contributed by atoms with van der Waals surface area (Å²) in [5.41, 5.74) is 1.26. The number of esters is 1. The van der Waals surface area contributed by atoms with E-state index in [1.165, 1.54) is 15.4 Å². The molecule has 0 atom stereocenters. The van der Waals surface area contributed by atoms with E-state index in [1.54, 1.807) is 0 Å². The van der Waals surface area contributed by atoms with E-state index in [1.807, 2.05) is 44.2 Å². The van der Waals surface area contributed by atoms with Crippen LogP contribution in [-0.4, -0.2) is 11.6 Å². The van der Waals surface area contributed by atoms with Crippen LogP contribution in [0.1, 0.15) is 43.5 Å². The quantitative estimate of drug-likeness (QED) is 0.251. The summed E-state index contributed by atoms with van der Waals surface area (Å²) in [6.45, 7) is 3.98. The first-order valence-corrected chi connectivity index (χ1v) is 11.6. The van der Waals surface area contributed by atoms with Gasteiger partial charge in [-0.15, -0.1) is 0 Å². The number of benzene rings is 3. The number of hydrogen-bond donors (Lipinski definition) is 0. The number of ether oxygens (including phenoxy) is 1. The van der Waals surface area contributed by atoms with Gasteiger partial charge in [-0.25, -0.2) is 4.79 Å². The highest BCUT2D eigenvalue weighted by Gasteiger charge is 2.32. The first-order chi connectivity index (χ1) is 14.5. The van der Waals surface area contributed by atoms with Gasteiger partial charge in [-0.1, -0.05) is 48.5 Å². The monoisotopic (exact) mass is 415 g/mol. The number of carbonyl (C=O) groups excluding carboxylic acids is 1. The van der Waals surface area contributed by atoms with E-state index < -0.39 is 5.60 Å². The summed E-state index contributed by atoms with van der Waals surface area (Å²) >= 11 is 0.